The van der Waals surface area contributed by atoms with Gasteiger partial charge in [-0.15, -0.1) is 11.3 Å². The molecule has 3 saturated heterocycles. The minimum Gasteiger partial charge on any atom is -0.351 e. The van der Waals surface area contributed by atoms with Gasteiger partial charge >= 0.3 is 0 Å². The average Bonchev–Trinajstić information content (AvgIpc) is 3.38. The Balaban J connectivity index is 1.28. The van der Waals surface area contributed by atoms with Gasteiger partial charge in [0.05, 0.1) is 21.6 Å². The summed E-state index contributed by atoms with van der Waals surface area (Å²) >= 11 is 1.81. The second kappa shape index (κ2) is 6.06. The number of hydrogen-bond acceptors (Lipinski definition) is 4. The molecule has 1 N–H and O–H groups in total. The van der Waals surface area contributed by atoms with Crippen molar-refractivity contribution in [2.45, 2.75) is 57.0 Å². The SMILES string of the molecule is C[C@@H]1[C@H](NC(=O)Cc2ccc3nc(C4CC4)sc3c2)C2CCN1CC2. The summed E-state index contributed by atoms with van der Waals surface area (Å²) in [5.74, 6) is 1.52. The lowest BCUT2D eigenvalue weighted by atomic mass is 9.79. The molecule has 2 aromatic rings. The Morgan fingerprint density at radius 3 is 2.80 bits per heavy atom. The summed E-state index contributed by atoms with van der Waals surface area (Å²) in [6.45, 7) is 4.66. The van der Waals surface area contributed by atoms with Crippen LogP contribution in [0.3, 0.4) is 0 Å². The average molecular weight is 356 g/mol. The zero-order valence-electron chi connectivity index (χ0n) is 14.7. The van der Waals surface area contributed by atoms with Gasteiger partial charge in [0.15, 0.2) is 0 Å². The van der Waals surface area contributed by atoms with Crippen LogP contribution in [-0.4, -0.2) is 41.0 Å². The number of rotatable bonds is 4. The molecule has 0 radical (unpaired) electrons. The molecule has 0 spiro atoms. The Hall–Kier alpha value is -1.46. The van der Waals surface area contributed by atoms with Crippen molar-refractivity contribution in [1.29, 1.82) is 0 Å². The van der Waals surface area contributed by atoms with Crippen LogP contribution in [0.25, 0.3) is 10.2 Å². The second-order valence-corrected chi connectivity index (χ2v) is 9.07. The summed E-state index contributed by atoms with van der Waals surface area (Å²) in [6.07, 6.45) is 5.50. The summed E-state index contributed by atoms with van der Waals surface area (Å²) < 4.78 is 1.23. The Morgan fingerprint density at radius 2 is 2.08 bits per heavy atom. The van der Waals surface area contributed by atoms with Gasteiger partial charge < -0.3 is 5.32 Å². The van der Waals surface area contributed by atoms with Crippen LogP contribution in [-0.2, 0) is 11.2 Å². The lowest BCUT2D eigenvalue weighted by Gasteiger charge is -2.50. The van der Waals surface area contributed by atoms with Crippen LogP contribution in [0.1, 0.15) is 49.1 Å². The van der Waals surface area contributed by atoms with E-state index in [9.17, 15) is 4.79 Å². The van der Waals surface area contributed by atoms with Crippen molar-refractivity contribution in [1.82, 2.24) is 15.2 Å². The molecule has 132 valence electrons. The number of nitrogens with one attached hydrogen (secondary N) is 1. The lowest BCUT2D eigenvalue weighted by Crippen LogP contribution is -2.62. The maximum atomic E-state index is 12.6. The fraction of sp³-hybridized carbons (Fsp3) is 0.600. The Labute approximate surface area is 152 Å². The number of benzene rings is 1. The molecule has 1 saturated carbocycles. The first kappa shape index (κ1) is 15.8. The molecule has 0 unspecified atom stereocenters. The Bertz CT molecular complexity index is 802. The molecule has 6 rings (SSSR count). The minimum absolute atomic E-state index is 0.164. The van der Waals surface area contributed by atoms with Crippen LogP contribution in [0.5, 0.6) is 0 Å². The molecule has 25 heavy (non-hydrogen) atoms. The first-order chi connectivity index (χ1) is 12.2. The molecular formula is C20H25N3OS. The predicted molar refractivity (Wildman–Crippen MR) is 101 cm³/mol. The molecule has 4 heterocycles. The molecular weight excluding hydrogens is 330 g/mol. The first-order valence-corrected chi connectivity index (χ1v) is 10.4. The van der Waals surface area contributed by atoms with E-state index in [2.05, 4.69) is 35.3 Å². The van der Waals surface area contributed by atoms with Gasteiger partial charge in [-0.1, -0.05) is 6.07 Å². The lowest BCUT2D eigenvalue weighted by molar-refractivity contribution is -0.123. The zero-order chi connectivity index (χ0) is 17.0. The third kappa shape index (κ3) is 2.97. The number of carbonyl (C=O) groups excluding carboxylic acids is 1. The van der Waals surface area contributed by atoms with E-state index < -0.39 is 0 Å². The van der Waals surface area contributed by atoms with E-state index in [-0.39, 0.29) is 5.91 Å². The molecule has 1 aliphatic carbocycles. The molecule has 1 aromatic heterocycles. The summed E-state index contributed by atoms with van der Waals surface area (Å²) in [4.78, 5) is 19.9. The van der Waals surface area contributed by atoms with Gasteiger partial charge in [0.25, 0.3) is 0 Å². The van der Waals surface area contributed by atoms with E-state index in [0.29, 0.717) is 30.3 Å². The molecule has 2 bridgehead atoms. The summed E-state index contributed by atoms with van der Waals surface area (Å²) in [5, 5.41) is 4.61. The van der Waals surface area contributed by atoms with Crippen LogP contribution in [0.4, 0.5) is 0 Å². The number of nitrogens with zero attached hydrogens (tertiary/aromatic N) is 2. The first-order valence-electron chi connectivity index (χ1n) is 9.60. The monoisotopic (exact) mass is 355 g/mol. The maximum Gasteiger partial charge on any atom is 0.224 e. The third-order valence-electron chi connectivity index (χ3n) is 6.27. The number of amides is 1. The van der Waals surface area contributed by atoms with Gasteiger partial charge in [-0.25, -0.2) is 4.98 Å². The quantitative estimate of drug-likeness (QED) is 0.915. The molecule has 5 heteroatoms. The zero-order valence-corrected chi connectivity index (χ0v) is 15.5. The van der Waals surface area contributed by atoms with Crippen LogP contribution >= 0.6 is 11.3 Å². The van der Waals surface area contributed by atoms with E-state index in [1.54, 1.807) is 11.3 Å². The van der Waals surface area contributed by atoms with Crippen molar-refractivity contribution in [2.75, 3.05) is 13.1 Å². The van der Waals surface area contributed by atoms with Crippen molar-refractivity contribution in [3.05, 3.63) is 28.8 Å². The topological polar surface area (TPSA) is 45.2 Å². The molecule has 4 nitrogen and oxygen atoms in total. The smallest absolute Gasteiger partial charge is 0.224 e. The summed E-state index contributed by atoms with van der Waals surface area (Å²) in [6, 6.07) is 7.11. The standard InChI is InChI=1S/C20H25N3OS/c1-12-19(14-6-8-23(12)9-7-14)22-18(24)11-13-2-5-16-17(10-13)25-20(21-16)15-3-4-15/h2,5,10,12,14-15,19H,3-4,6-9,11H2,1H3,(H,22,24)/t12-,19+/m1/s1. The normalized spacial score (nSPS) is 31.4. The van der Waals surface area contributed by atoms with E-state index in [1.807, 2.05) is 0 Å². The minimum atomic E-state index is 0.164. The molecule has 1 amide bonds. The van der Waals surface area contributed by atoms with Crippen molar-refractivity contribution in [3.63, 3.8) is 0 Å². The number of hydrogen-bond donors (Lipinski definition) is 1. The van der Waals surface area contributed by atoms with Crippen molar-refractivity contribution in [3.8, 4) is 0 Å². The van der Waals surface area contributed by atoms with Gasteiger partial charge in [-0.05, 0) is 69.3 Å². The summed E-state index contributed by atoms with van der Waals surface area (Å²) in [5.41, 5.74) is 2.19. The van der Waals surface area contributed by atoms with Gasteiger partial charge in [-0.3, -0.25) is 9.69 Å². The van der Waals surface area contributed by atoms with Crippen LogP contribution in [0, 0.1) is 5.92 Å². The number of piperidine rings is 3. The maximum absolute atomic E-state index is 12.6. The highest BCUT2D eigenvalue weighted by Crippen LogP contribution is 2.43. The Morgan fingerprint density at radius 1 is 1.28 bits per heavy atom. The van der Waals surface area contributed by atoms with E-state index in [0.717, 1.165) is 11.1 Å². The number of carbonyl (C=O) groups is 1. The van der Waals surface area contributed by atoms with Gasteiger partial charge in [-0.2, -0.15) is 0 Å². The van der Waals surface area contributed by atoms with E-state index in [4.69, 9.17) is 4.98 Å². The molecule has 3 aliphatic heterocycles. The van der Waals surface area contributed by atoms with Crippen molar-refractivity contribution < 1.29 is 4.79 Å². The number of thiazole rings is 1. The van der Waals surface area contributed by atoms with E-state index in [1.165, 1.54) is 48.5 Å². The van der Waals surface area contributed by atoms with Crippen LogP contribution in [0.15, 0.2) is 18.2 Å². The molecule has 2 atom stereocenters. The highest BCUT2D eigenvalue weighted by molar-refractivity contribution is 7.18. The number of fused-ring (bicyclic) bond motifs is 4. The van der Waals surface area contributed by atoms with Crippen molar-refractivity contribution in [2.24, 2.45) is 5.92 Å². The Kier molecular flexibility index (Phi) is 3.82. The van der Waals surface area contributed by atoms with Gasteiger partial charge in [0, 0.05) is 18.0 Å². The fourth-order valence-corrected chi connectivity index (χ4v) is 5.77. The molecule has 4 fully saturated rings. The van der Waals surface area contributed by atoms with Gasteiger partial charge in [0.2, 0.25) is 5.91 Å². The third-order valence-corrected chi connectivity index (χ3v) is 7.45. The van der Waals surface area contributed by atoms with Crippen LogP contribution < -0.4 is 5.32 Å². The molecule has 1 aromatic carbocycles. The van der Waals surface area contributed by atoms with E-state index >= 15 is 0 Å². The highest BCUT2D eigenvalue weighted by Gasteiger charge is 2.40. The fourth-order valence-electron chi connectivity index (χ4n) is 4.57. The highest BCUT2D eigenvalue weighted by atomic mass is 32.1. The van der Waals surface area contributed by atoms with Crippen LogP contribution in [0.2, 0.25) is 0 Å². The largest absolute Gasteiger partial charge is 0.351 e. The van der Waals surface area contributed by atoms with Crippen molar-refractivity contribution >= 4 is 27.5 Å². The van der Waals surface area contributed by atoms with Gasteiger partial charge in [0.1, 0.15) is 0 Å². The predicted octanol–water partition coefficient (Wildman–Crippen LogP) is 3.32. The second-order valence-electron chi connectivity index (χ2n) is 8.01. The molecule has 4 aliphatic rings. The summed E-state index contributed by atoms with van der Waals surface area (Å²) in [7, 11) is 0. The number of aromatic nitrogens is 1.